The van der Waals surface area contributed by atoms with Gasteiger partial charge in [-0.15, -0.1) is 11.3 Å². The number of phenolic OH excluding ortho intramolecular Hbond substituents is 1. The van der Waals surface area contributed by atoms with Crippen LogP contribution in [0.15, 0.2) is 63.7 Å². The monoisotopic (exact) mass is 399 g/mol. The number of nitrogens with one attached hydrogen (secondary N) is 1. The lowest BCUT2D eigenvalue weighted by molar-refractivity contribution is -0.116. The SMILES string of the molecule is Cc1ccc(S(=O)(=O)c2csc3c2NC(=O)C[C@H]3c2cccc(O)c2)cc1. The first-order valence-electron chi connectivity index (χ1n) is 8.38. The first-order valence-corrected chi connectivity index (χ1v) is 10.7. The summed E-state index contributed by atoms with van der Waals surface area (Å²) < 4.78 is 26.2. The third-order valence-electron chi connectivity index (χ3n) is 4.65. The molecule has 27 heavy (non-hydrogen) atoms. The van der Waals surface area contributed by atoms with Gasteiger partial charge in [-0.3, -0.25) is 4.79 Å². The summed E-state index contributed by atoms with van der Waals surface area (Å²) in [6.45, 7) is 1.89. The van der Waals surface area contributed by atoms with Gasteiger partial charge in [-0.2, -0.15) is 0 Å². The van der Waals surface area contributed by atoms with Crippen LogP contribution in [0, 0.1) is 6.92 Å². The standard InChI is InChI=1S/C20H17NO4S2/c1-12-5-7-15(8-6-12)27(24,25)17-11-26-20-16(10-18(23)21-19(17)20)13-3-2-4-14(22)9-13/h2-9,11,16,22H,10H2,1H3,(H,21,23)/t16-/m0/s1. The van der Waals surface area contributed by atoms with Crippen LogP contribution in [-0.2, 0) is 14.6 Å². The summed E-state index contributed by atoms with van der Waals surface area (Å²) in [4.78, 5) is 13.4. The van der Waals surface area contributed by atoms with E-state index in [1.807, 2.05) is 13.0 Å². The van der Waals surface area contributed by atoms with Crippen LogP contribution < -0.4 is 5.32 Å². The maximum atomic E-state index is 13.1. The topological polar surface area (TPSA) is 83.5 Å². The van der Waals surface area contributed by atoms with E-state index in [0.717, 1.165) is 16.0 Å². The zero-order valence-electron chi connectivity index (χ0n) is 14.5. The van der Waals surface area contributed by atoms with Gasteiger partial charge in [0.1, 0.15) is 10.6 Å². The Bertz CT molecular complexity index is 1130. The normalized spacial score (nSPS) is 16.6. The number of phenols is 1. The van der Waals surface area contributed by atoms with Crippen molar-refractivity contribution < 1.29 is 18.3 Å². The largest absolute Gasteiger partial charge is 0.508 e. The van der Waals surface area contributed by atoms with E-state index < -0.39 is 9.84 Å². The number of anilines is 1. The predicted molar refractivity (Wildman–Crippen MR) is 104 cm³/mol. The summed E-state index contributed by atoms with van der Waals surface area (Å²) in [5.74, 6) is -0.411. The van der Waals surface area contributed by atoms with Crippen molar-refractivity contribution in [1.82, 2.24) is 0 Å². The molecule has 5 nitrogen and oxygen atoms in total. The Morgan fingerprint density at radius 1 is 1.15 bits per heavy atom. The van der Waals surface area contributed by atoms with E-state index in [9.17, 15) is 18.3 Å². The molecule has 2 aromatic carbocycles. The van der Waals surface area contributed by atoms with Gasteiger partial charge in [0.2, 0.25) is 15.7 Å². The number of hydrogen-bond acceptors (Lipinski definition) is 5. The number of carbonyl (C=O) groups is 1. The molecule has 0 spiro atoms. The minimum absolute atomic E-state index is 0.115. The lowest BCUT2D eigenvalue weighted by atomic mass is 9.90. The molecule has 4 rings (SSSR count). The fourth-order valence-electron chi connectivity index (χ4n) is 3.26. The van der Waals surface area contributed by atoms with Crippen LogP contribution in [0.3, 0.4) is 0 Å². The second-order valence-corrected chi connectivity index (χ2v) is 9.38. The van der Waals surface area contributed by atoms with Crippen LogP contribution in [0.5, 0.6) is 5.75 Å². The van der Waals surface area contributed by atoms with Gasteiger partial charge < -0.3 is 10.4 Å². The molecule has 1 atom stereocenters. The molecular weight excluding hydrogens is 382 g/mol. The highest BCUT2D eigenvalue weighted by Gasteiger charge is 2.34. The number of fused-ring (bicyclic) bond motifs is 1. The molecule has 3 aromatic rings. The minimum atomic E-state index is -3.74. The summed E-state index contributed by atoms with van der Waals surface area (Å²) >= 11 is 1.31. The van der Waals surface area contributed by atoms with E-state index in [1.54, 1.807) is 47.8 Å². The number of carbonyl (C=O) groups excluding carboxylic acids is 1. The molecule has 0 radical (unpaired) electrons. The summed E-state index contributed by atoms with van der Waals surface area (Å²) in [7, 11) is -3.74. The van der Waals surface area contributed by atoms with E-state index in [1.165, 1.54) is 11.3 Å². The highest BCUT2D eigenvalue weighted by Crippen LogP contribution is 2.46. The zero-order chi connectivity index (χ0) is 19.2. The summed E-state index contributed by atoms with van der Waals surface area (Å²) in [6.07, 6.45) is 0.209. The molecule has 0 fully saturated rings. The van der Waals surface area contributed by atoms with E-state index in [2.05, 4.69) is 5.32 Å². The van der Waals surface area contributed by atoms with Gasteiger partial charge >= 0.3 is 0 Å². The van der Waals surface area contributed by atoms with Crippen LogP contribution in [0.1, 0.15) is 28.3 Å². The van der Waals surface area contributed by atoms with Crippen LogP contribution in [-0.4, -0.2) is 19.4 Å². The lowest BCUT2D eigenvalue weighted by Gasteiger charge is -2.23. The molecule has 2 N–H and O–H groups in total. The van der Waals surface area contributed by atoms with Crippen molar-refractivity contribution in [2.75, 3.05) is 5.32 Å². The van der Waals surface area contributed by atoms with Gasteiger partial charge in [0, 0.05) is 22.6 Å². The Balaban J connectivity index is 1.83. The first-order chi connectivity index (χ1) is 12.9. The van der Waals surface area contributed by atoms with Crippen molar-refractivity contribution in [2.45, 2.75) is 29.1 Å². The van der Waals surface area contributed by atoms with E-state index in [4.69, 9.17) is 0 Å². The number of hydrogen-bond donors (Lipinski definition) is 2. The molecule has 0 aliphatic carbocycles. The fourth-order valence-corrected chi connectivity index (χ4v) is 6.17. The zero-order valence-corrected chi connectivity index (χ0v) is 16.1. The highest BCUT2D eigenvalue weighted by atomic mass is 32.2. The molecule has 0 saturated carbocycles. The Morgan fingerprint density at radius 3 is 2.59 bits per heavy atom. The van der Waals surface area contributed by atoms with Gasteiger partial charge in [-0.1, -0.05) is 29.8 Å². The highest BCUT2D eigenvalue weighted by molar-refractivity contribution is 7.91. The van der Waals surface area contributed by atoms with Crippen LogP contribution in [0.2, 0.25) is 0 Å². The molecular formula is C20H17NO4S2. The summed E-state index contributed by atoms with van der Waals surface area (Å²) in [5, 5.41) is 14.1. The Morgan fingerprint density at radius 2 is 1.89 bits per heavy atom. The molecule has 1 amide bonds. The second-order valence-electron chi connectivity index (χ2n) is 6.56. The second kappa shape index (κ2) is 6.51. The maximum Gasteiger partial charge on any atom is 0.225 e. The van der Waals surface area contributed by atoms with Crippen LogP contribution in [0.25, 0.3) is 0 Å². The fraction of sp³-hybridized carbons (Fsp3) is 0.150. The van der Waals surface area contributed by atoms with Crippen molar-refractivity contribution in [2.24, 2.45) is 0 Å². The smallest absolute Gasteiger partial charge is 0.225 e. The number of aromatic hydroxyl groups is 1. The van der Waals surface area contributed by atoms with Crippen LogP contribution in [0.4, 0.5) is 5.69 Å². The van der Waals surface area contributed by atoms with Gasteiger partial charge in [-0.25, -0.2) is 8.42 Å². The molecule has 1 aliphatic heterocycles. The molecule has 1 aliphatic rings. The number of rotatable bonds is 3. The minimum Gasteiger partial charge on any atom is -0.508 e. The summed E-state index contributed by atoms with van der Waals surface area (Å²) in [6, 6.07) is 13.4. The molecule has 0 unspecified atom stereocenters. The Hall–Kier alpha value is -2.64. The molecule has 0 bridgehead atoms. The molecule has 1 aromatic heterocycles. The number of sulfone groups is 1. The summed E-state index contributed by atoms with van der Waals surface area (Å²) in [5.41, 5.74) is 2.11. The van der Waals surface area contributed by atoms with Gasteiger partial charge in [0.25, 0.3) is 0 Å². The maximum absolute atomic E-state index is 13.1. The average molecular weight is 399 g/mol. The average Bonchev–Trinajstić information content (AvgIpc) is 3.06. The molecule has 0 saturated heterocycles. The van der Waals surface area contributed by atoms with Crippen molar-refractivity contribution >= 4 is 32.8 Å². The Kier molecular flexibility index (Phi) is 4.28. The van der Waals surface area contributed by atoms with Crippen molar-refractivity contribution in [3.8, 4) is 5.75 Å². The quantitative estimate of drug-likeness (QED) is 0.695. The third kappa shape index (κ3) is 3.13. The van der Waals surface area contributed by atoms with E-state index >= 15 is 0 Å². The third-order valence-corrected chi connectivity index (χ3v) is 7.69. The number of amides is 1. The van der Waals surface area contributed by atoms with Gasteiger partial charge in [-0.05, 0) is 36.8 Å². The number of aryl methyl sites for hydroxylation is 1. The first kappa shape index (κ1) is 17.8. The number of benzene rings is 2. The number of thiophene rings is 1. The molecule has 2 heterocycles. The van der Waals surface area contributed by atoms with Crippen molar-refractivity contribution in [3.63, 3.8) is 0 Å². The van der Waals surface area contributed by atoms with Crippen LogP contribution >= 0.6 is 11.3 Å². The van der Waals surface area contributed by atoms with Gasteiger partial charge in [0.15, 0.2) is 0 Å². The van der Waals surface area contributed by atoms with Gasteiger partial charge in [0.05, 0.1) is 10.6 Å². The Labute approximate surface area is 161 Å². The predicted octanol–water partition coefficient (Wildman–Crippen LogP) is 4.07. The molecule has 7 heteroatoms. The molecule has 138 valence electrons. The lowest BCUT2D eigenvalue weighted by Crippen LogP contribution is -2.23. The van der Waals surface area contributed by atoms with Crippen molar-refractivity contribution in [3.05, 3.63) is 69.9 Å². The van der Waals surface area contributed by atoms with E-state index in [0.29, 0.717) is 5.69 Å². The van der Waals surface area contributed by atoms with E-state index in [-0.39, 0.29) is 33.8 Å². The van der Waals surface area contributed by atoms with Crippen molar-refractivity contribution in [1.29, 1.82) is 0 Å².